The molecule has 0 saturated carbocycles. The number of aromatic amines is 1. The molecule has 0 spiro atoms. The zero-order valence-corrected chi connectivity index (χ0v) is 10.0. The SMILES string of the molecule is CC(CCCl)Nc1nc[nH]c(=O)c1Br. The summed E-state index contributed by atoms with van der Waals surface area (Å²) >= 11 is 8.75. The van der Waals surface area contributed by atoms with Gasteiger partial charge in [0.15, 0.2) is 0 Å². The summed E-state index contributed by atoms with van der Waals surface area (Å²) in [5.74, 6) is 1.13. The van der Waals surface area contributed by atoms with E-state index in [0.717, 1.165) is 6.42 Å². The lowest BCUT2D eigenvalue weighted by molar-refractivity contribution is 0.761. The van der Waals surface area contributed by atoms with Gasteiger partial charge in [-0.25, -0.2) is 4.98 Å². The smallest absolute Gasteiger partial charge is 0.267 e. The van der Waals surface area contributed by atoms with Gasteiger partial charge in [0.2, 0.25) is 0 Å². The Bertz CT molecular complexity index is 355. The van der Waals surface area contributed by atoms with Crippen LogP contribution in [0.5, 0.6) is 0 Å². The number of hydrogen-bond acceptors (Lipinski definition) is 3. The molecule has 14 heavy (non-hydrogen) atoms. The molecular weight excluding hydrogens is 269 g/mol. The molecular formula is C8H11BrClN3O. The molecule has 0 radical (unpaired) electrons. The van der Waals surface area contributed by atoms with E-state index >= 15 is 0 Å². The fourth-order valence-corrected chi connectivity index (χ4v) is 1.61. The molecule has 2 N–H and O–H groups in total. The molecule has 1 rings (SSSR count). The second-order valence-electron chi connectivity index (χ2n) is 2.92. The van der Waals surface area contributed by atoms with Crippen LogP contribution < -0.4 is 10.9 Å². The van der Waals surface area contributed by atoms with Crippen molar-refractivity contribution in [3.8, 4) is 0 Å². The van der Waals surface area contributed by atoms with E-state index in [1.165, 1.54) is 6.33 Å². The van der Waals surface area contributed by atoms with Crippen LogP contribution in [0.3, 0.4) is 0 Å². The van der Waals surface area contributed by atoms with Gasteiger partial charge < -0.3 is 10.3 Å². The standard InChI is InChI=1S/C8H11BrClN3O/c1-5(2-3-10)13-7-6(9)8(14)12-4-11-7/h4-5H,2-3H2,1H3,(H2,11,12,13,14). The van der Waals surface area contributed by atoms with Crippen molar-refractivity contribution < 1.29 is 0 Å². The first-order valence-electron chi connectivity index (χ1n) is 4.21. The van der Waals surface area contributed by atoms with Crippen molar-refractivity contribution in [3.05, 3.63) is 21.2 Å². The molecule has 6 heteroatoms. The third-order valence-corrected chi connectivity index (χ3v) is 2.68. The zero-order chi connectivity index (χ0) is 10.6. The van der Waals surface area contributed by atoms with E-state index in [1.807, 2.05) is 6.92 Å². The van der Waals surface area contributed by atoms with Crippen molar-refractivity contribution in [3.63, 3.8) is 0 Å². The topological polar surface area (TPSA) is 57.8 Å². The van der Waals surface area contributed by atoms with Gasteiger partial charge in [0, 0.05) is 11.9 Å². The van der Waals surface area contributed by atoms with Crippen LogP contribution in [0, 0.1) is 0 Å². The van der Waals surface area contributed by atoms with Crippen molar-refractivity contribution in [1.29, 1.82) is 0 Å². The number of alkyl halides is 1. The number of hydrogen-bond donors (Lipinski definition) is 2. The van der Waals surface area contributed by atoms with E-state index in [0.29, 0.717) is 16.2 Å². The molecule has 1 heterocycles. The van der Waals surface area contributed by atoms with Gasteiger partial charge in [0.1, 0.15) is 10.3 Å². The molecule has 1 unspecified atom stereocenters. The van der Waals surface area contributed by atoms with Crippen LogP contribution in [-0.4, -0.2) is 21.9 Å². The summed E-state index contributed by atoms with van der Waals surface area (Å²) < 4.78 is 0.418. The molecule has 0 aliphatic rings. The van der Waals surface area contributed by atoms with Crippen molar-refractivity contribution in [2.45, 2.75) is 19.4 Å². The Balaban J connectivity index is 2.76. The van der Waals surface area contributed by atoms with Gasteiger partial charge >= 0.3 is 0 Å². The number of aromatic nitrogens is 2. The maximum absolute atomic E-state index is 11.2. The Morgan fingerprint density at radius 3 is 3.14 bits per heavy atom. The Labute approximate surface area is 95.2 Å². The number of halogens is 2. The number of rotatable bonds is 4. The van der Waals surface area contributed by atoms with Gasteiger partial charge in [-0.2, -0.15) is 0 Å². The van der Waals surface area contributed by atoms with Crippen LogP contribution in [-0.2, 0) is 0 Å². The molecule has 0 saturated heterocycles. The Hall–Kier alpha value is -0.550. The zero-order valence-electron chi connectivity index (χ0n) is 7.68. The third-order valence-electron chi connectivity index (χ3n) is 1.72. The lowest BCUT2D eigenvalue weighted by atomic mass is 10.2. The molecule has 1 aromatic rings. The summed E-state index contributed by atoms with van der Waals surface area (Å²) in [7, 11) is 0. The summed E-state index contributed by atoms with van der Waals surface area (Å²) in [4.78, 5) is 17.6. The molecule has 1 aromatic heterocycles. The predicted molar refractivity (Wildman–Crippen MR) is 61.0 cm³/mol. The third kappa shape index (κ3) is 2.99. The van der Waals surface area contributed by atoms with Crippen molar-refractivity contribution in [2.24, 2.45) is 0 Å². The summed E-state index contributed by atoms with van der Waals surface area (Å²) in [6.45, 7) is 1.98. The highest BCUT2D eigenvalue weighted by Gasteiger charge is 2.07. The molecule has 0 aliphatic heterocycles. The molecule has 78 valence electrons. The van der Waals surface area contributed by atoms with E-state index in [1.54, 1.807) is 0 Å². The second-order valence-corrected chi connectivity index (χ2v) is 4.09. The van der Waals surface area contributed by atoms with Crippen LogP contribution in [0.25, 0.3) is 0 Å². The average molecular weight is 281 g/mol. The fraction of sp³-hybridized carbons (Fsp3) is 0.500. The van der Waals surface area contributed by atoms with Gasteiger partial charge in [-0.15, -0.1) is 11.6 Å². The number of anilines is 1. The van der Waals surface area contributed by atoms with Gasteiger partial charge in [-0.05, 0) is 29.3 Å². The second kappa shape index (κ2) is 5.36. The molecule has 0 amide bonds. The molecule has 0 bridgehead atoms. The Morgan fingerprint density at radius 1 is 1.79 bits per heavy atom. The normalized spacial score (nSPS) is 12.5. The molecule has 0 aromatic carbocycles. The van der Waals surface area contributed by atoms with Crippen LogP contribution in [0.1, 0.15) is 13.3 Å². The maximum atomic E-state index is 11.2. The lowest BCUT2D eigenvalue weighted by Crippen LogP contribution is -2.19. The molecule has 0 fully saturated rings. The van der Waals surface area contributed by atoms with E-state index < -0.39 is 0 Å². The van der Waals surface area contributed by atoms with E-state index in [4.69, 9.17) is 11.6 Å². The first kappa shape index (κ1) is 11.5. The van der Waals surface area contributed by atoms with Crippen molar-refractivity contribution in [2.75, 3.05) is 11.2 Å². The first-order valence-corrected chi connectivity index (χ1v) is 5.53. The predicted octanol–water partition coefficient (Wildman–Crippen LogP) is 1.96. The van der Waals surface area contributed by atoms with Crippen LogP contribution >= 0.6 is 27.5 Å². The highest BCUT2D eigenvalue weighted by Crippen LogP contribution is 2.14. The average Bonchev–Trinajstić information content (AvgIpc) is 2.13. The Morgan fingerprint density at radius 2 is 2.50 bits per heavy atom. The van der Waals surface area contributed by atoms with Crippen LogP contribution in [0.4, 0.5) is 5.82 Å². The highest BCUT2D eigenvalue weighted by atomic mass is 79.9. The van der Waals surface area contributed by atoms with Crippen molar-refractivity contribution >= 4 is 33.3 Å². The summed E-state index contributed by atoms with van der Waals surface area (Å²) in [6, 6.07) is 0.193. The monoisotopic (exact) mass is 279 g/mol. The molecule has 4 nitrogen and oxygen atoms in total. The quantitative estimate of drug-likeness (QED) is 0.829. The summed E-state index contributed by atoms with van der Waals surface area (Å²) in [5, 5.41) is 3.09. The molecule has 1 atom stereocenters. The van der Waals surface area contributed by atoms with E-state index in [-0.39, 0.29) is 11.6 Å². The number of nitrogens with zero attached hydrogens (tertiary/aromatic N) is 1. The van der Waals surface area contributed by atoms with Crippen molar-refractivity contribution in [1.82, 2.24) is 9.97 Å². The van der Waals surface area contributed by atoms with Crippen LogP contribution in [0.2, 0.25) is 0 Å². The summed E-state index contributed by atoms with van der Waals surface area (Å²) in [5.41, 5.74) is -0.194. The number of nitrogens with one attached hydrogen (secondary N) is 2. The lowest BCUT2D eigenvalue weighted by Gasteiger charge is -2.13. The van der Waals surface area contributed by atoms with Gasteiger partial charge in [0.05, 0.1) is 6.33 Å². The van der Waals surface area contributed by atoms with Crippen LogP contribution in [0.15, 0.2) is 15.6 Å². The van der Waals surface area contributed by atoms with Gasteiger partial charge in [-0.1, -0.05) is 0 Å². The minimum Gasteiger partial charge on any atom is -0.366 e. The van der Waals surface area contributed by atoms with E-state index in [9.17, 15) is 4.79 Å². The largest absolute Gasteiger partial charge is 0.366 e. The minimum atomic E-state index is -0.194. The van der Waals surface area contributed by atoms with Gasteiger partial charge in [-0.3, -0.25) is 4.79 Å². The van der Waals surface area contributed by atoms with Gasteiger partial charge in [0.25, 0.3) is 5.56 Å². The fourth-order valence-electron chi connectivity index (χ4n) is 0.953. The molecule has 0 aliphatic carbocycles. The number of H-pyrrole nitrogens is 1. The minimum absolute atomic E-state index is 0.193. The first-order chi connectivity index (χ1) is 6.65. The van der Waals surface area contributed by atoms with E-state index in [2.05, 4.69) is 31.2 Å². The Kier molecular flexibility index (Phi) is 4.41. The maximum Gasteiger partial charge on any atom is 0.267 e. The highest BCUT2D eigenvalue weighted by molar-refractivity contribution is 9.10. The summed E-state index contributed by atoms with van der Waals surface area (Å²) in [6.07, 6.45) is 2.19.